The Morgan fingerprint density at radius 2 is 0.606 bits per heavy atom. The van der Waals surface area contributed by atoms with E-state index in [4.69, 9.17) is 17.7 Å². The molecule has 0 atom stereocenters. The minimum atomic E-state index is -2.17. The molecule has 2 aliphatic heterocycles. The minimum Gasteiger partial charge on any atom is -0.394 e. The smallest absolute Gasteiger partial charge is 0.334 e. The van der Waals surface area contributed by atoms with Crippen LogP contribution in [-0.4, -0.2) is 92.6 Å². The Balaban J connectivity index is 1.62. The molecule has 0 amide bonds. The van der Waals surface area contributed by atoms with Crippen molar-refractivity contribution in [2.45, 2.75) is 278 Å². The molecule has 2 aliphatic rings. The van der Waals surface area contributed by atoms with Crippen LogP contribution in [0.2, 0.25) is 25.2 Å². The third kappa shape index (κ3) is 39.2. The second-order valence-electron chi connectivity index (χ2n) is 22.5. The second-order valence-corrected chi connectivity index (χ2v) is 29.2. The van der Waals surface area contributed by atoms with Crippen LogP contribution in [-0.2, 0) is 17.7 Å². The van der Waals surface area contributed by atoms with Crippen LogP contribution in [0.15, 0.2) is 48.6 Å². The minimum absolute atomic E-state index is 0.844. The van der Waals surface area contributed by atoms with Gasteiger partial charge in [-0.25, -0.2) is 0 Å². The van der Waals surface area contributed by atoms with Crippen LogP contribution in [0.4, 0.5) is 0 Å². The molecule has 0 aromatic heterocycles. The van der Waals surface area contributed by atoms with Crippen LogP contribution < -0.4 is 0 Å². The third-order valence-corrected chi connectivity index (χ3v) is 21.4. The molecule has 8 heteroatoms. The highest BCUT2D eigenvalue weighted by molar-refractivity contribution is 6.66. The van der Waals surface area contributed by atoms with Gasteiger partial charge in [-0.15, -0.1) is 0 Å². The third-order valence-electron chi connectivity index (χ3n) is 15.6. The van der Waals surface area contributed by atoms with Gasteiger partial charge >= 0.3 is 17.1 Å². The van der Waals surface area contributed by atoms with Crippen LogP contribution in [0, 0.1) is 11.8 Å². The van der Waals surface area contributed by atoms with Crippen LogP contribution in [0.1, 0.15) is 252 Å². The van der Waals surface area contributed by atoms with E-state index in [-0.39, 0.29) is 0 Å². The quantitative estimate of drug-likeness (QED) is 0.0344. The number of unbranched alkanes of at least 4 members (excludes halogenated alkanes) is 18. The summed E-state index contributed by atoms with van der Waals surface area (Å²) in [5, 5.41) is 0. The summed E-state index contributed by atoms with van der Waals surface area (Å²) in [5.41, 5.74) is 0. The molecule has 0 bridgehead atoms. The van der Waals surface area contributed by atoms with Gasteiger partial charge in [-0.3, -0.25) is 0 Å². The summed E-state index contributed by atoms with van der Waals surface area (Å²) in [4.78, 5) is 5.53. The van der Waals surface area contributed by atoms with E-state index in [9.17, 15) is 0 Å². The number of hydrogen-bond acceptors (Lipinski definition) is 6. The Kier molecular flexibility index (Phi) is 44.4. The summed E-state index contributed by atoms with van der Waals surface area (Å²) < 4.78 is 26.6. The lowest BCUT2D eigenvalue weighted by Crippen LogP contribution is -2.40. The molecule has 0 aromatic rings. The number of nitrogens with zero attached hydrogens (tertiary/aromatic N) is 2. The molecule has 416 valence electrons. The molecule has 0 unspecified atom stereocenters. The molecule has 6 nitrogen and oxygen atoms in total. The van der Waals surface area contributed by atoms with E-state index >= 15 is 0 Å². The van der Waals surface area contributed by atoms with Crippen molar-refractivity contribution in [1.82, 2.24) is 9.80 Å². The highest BCUT2D eigenvalue weighted by Crippen LogP contribution is 2.29. The van der Waals surface area contributed by atoms with Crippen LogP contribution in [0.25, 0.3) is 0 Å². The fraction of sp³-hybridized carbons (Fsp3) is 0.873. The molecule has 0 spiro atoms. The first-order chi connectivity index (χ1) is 34.8. The molecule has 2 heterocycles. The summed E-state index contributed by atoms with van der Waals surface area (Å²) in [7, 11) is -4.33. The first-order valence-electron chi connectivity index (χ1n) is 31.5. The number of rotatable bonds is 50. The molecule has 0 aromatic carbocycles. The van der Waals surface area contributed by atoms with Gasteiger partial charge < -0.3 is 27.5 Å². The Morgan fingerprint density at radius 1 is 0.338 bits per heavy atom. The molecular formula is C63H122N2O4Si2. The lowest BCUT2D eigenvalue weighted by Gasteiger charge is -2.34. The van der Waals surface area contributed by atoms with Gasteiger partial charge in [-0.1, -0.05) is 160 Å². The van der Waals surface area contributed by atoms with Crippen molar-refractivity contribution in [2.24, 2.45) is 11.8 Å². The van der Waals surface area contributed by atoms with E-state index in [0.717, 1.165) is 102 Å². The van der Waals surface area contributed by atoms with Crippen LogP contribution in [0.3, 0.4) is 0 Å². The molecule has 0 saturated carbocycles. The van der Waals surface area contributed by atoms with E-state index in [1.807, 2.05) is 0 Å². The summed E-state index contributed by atoms with van der Waals surface area (Å²) in [6, 6.07) is 2.26. The maximum Gasteiger partial charge on any atom is 0.334 e. The van der Waals surface area contributed by atoms with Crippen molar-refractivity contribution < 1.29 is 17.7 Å². The molecule has 0 aliphatic carbocycles. The Hall–Kier alpha value is -0.846. The van der Waals surface area contributed by atoms with Crippen molar-refractivity contribution in [2.75, 3.05) is 65.7 Å². The standard InChI is InChI=1S/C63H122N2O4Si2/c1-7-11-15-19-23-27-31-37-56-66-70(5,67-57-38-32-28-24-20-16-12-8-2)60-41-35-50-64-52-46-62(47-53-64)44-43-45-63-48-54-65(55-49-63)51-36-42-61-71(6,68-58-39-33-29-25-21-17-13-9-3)69-59-40-34-30-26-22-18-14-10-4/h23-30,62-63H,7-22,31-61H2,1-6H3/b27-23-,28-24-,29-25-,30-26-. The zero-order valence-electron chi connectivity index (χ0n) is 48.5. The fourth-order valence-electron chi connectivity index (χ4n) is 10.6. The Labute approximate surface area is 446 Å². The van der Waals surface area contributed by atoms with Gasteiger partial charge in [0.15, 0.2) is 0 Å². The van der Waals surface area contributed by atoms with Crippen molar-refractivity contribution in [3.63, 3.8) is 0 Å². The molecule has 0 radical (unpaired) electrons. The average Bonchev–Trinajstić information content (AvgIpc) is 3.38. The van der Waals surface area contributed by atoms with E-state index in [2.05, 4.69) is 99.2 Å². The van der Waals surface area contributed by atoms with Crippen molar-refractivity contribution in [1.29, 1.82) is 0 Å². The summed E-state index contributed by atoms with van der Waals surface area (Å²) in [6.07, 6.45) is 63.7. The van der Waals surface area contributed by atoms with E-state index < -0.39 is 17.1 Å². The monoisotopic (exact) mass is 1030 g/mol. The molecule has 2 rings (SSSR count). The highest BCUT2D eigenvalue weighted by Gasteiger charge is 2.32. The van der Waals surface area contributed by atoms with Gasteiger partial charge in [-0.2, -0.15) is 0 Å². The number of hydrogen-bond donors (Lipinski definition) is 0. The molecule has 71 heavy (non-hydrogen) atoms. The van der Waals surface area contributed by atoms with Gasteiger partial charge in [0.1, 0.15) is 0 Å². The molecular weight excluding hydrogens is 905 g/mol. The fourth-order valence-corrected chi connectivity index (χ4v) is 15.4. The molecule has 0 N–H and O–H groups in total. The zero-order valence-corrected chi connectivity index (χ0v) is 50.5. The maximum absolute atomic E-state index is 6.66. The van der Waals surface area contributed by atoms with Gasteiger partial charge in [0.2, 0.25) is 0 Å². The average molecular weight is 1030 g/mol. The largest absolute Gasteiger partial charge is 0.394 e. The topological polar surface area (TPSA) is 43.4 Å². The Morgan fingerprint density at radius 3 is 0.873 bits per heavy atom. The summed E-state index contributed by atoms with van der Waals surface area (Å²) in [5.74, 6) is 1.88. The molecule has 2 saturated heterocycles. The predicted octanol–water partition coefficient (Wildman–Crippen LogP) is 19.0. The van der Waals surface area contributed by atoms with Gasteiger partial charge in [-0.05, 0) is 218 Å². The Bertz CT molecular complexity index is 1110. The predicted molar refractivity (Wildman–Crippen MR) is 317 cm³/mol. The summed E-state index contributed by atoms with van der Waals surface area (Å²) in [6.45, 7) is 24.9. The van der Waals surface area contributed by atoms with Crippen molar-refractivity contribution >= 4 is 17.1 Å². The zero-order chi connectivity index (χ0) is 51.0. The lowest BCUT2D eigenvalue weighted by atomic mass is 9.87. The SMILES string of the molecule is CCCCC/C=C\CCCO[Si](C)(CCCCN1CCC(CCCC2CCN(CCCC[Si](C)(OCCC/C=C\CCCCC)OCCC/C=C\CCCCC)CC2)CC1)OCCC/C=C\CCCCC. The second kappa shape index (κ2) is 47.6. The van der Waals surface area contributed by atoms with Gasteiger partial charge in [0.25, 0.3) is 0 Å². The number of allylic oxidation sites excluding steroid dienone is 8. The lowest BCUT2D eigenvalue weighted by molar-refractivity contribution is 0.157. The van der Waals surface area contributed by atoms with Crippen molar-refractivity contribution in [3.8, 4) is 0 Å². The number of piperidine rings is 2. The maximum atomic E-state index is 6.66. The first-order valence-corrected chi connectivity index (χ1v) is 36.5. The highest BCUT2D eigenvalue weighted by atomic mass is 28.4. The van der Waals surface area contributed by atoms with E-state index in [1.54, 1.807) is 0 Å². The van der Waals surface area contributed by atoms with Gasteiger partial charge in [0.05, 0.1) is 0 Å². The molecule has 2 fully saturated rings. The van der Waals surface area contributed by atoms with Crippen LogP contribution in [0.5, 0.6) is 0 Å². The first kappa shape index (κ1) is 66.3. The van der Waals surface area contributed by atoms with Crippen LogP contribution >= 0.6 is 0 Å². The van der Waals surface area contributed by atoms with Gasteiger partial charge in [0, 0.05) is 26.4 Å². The number of likely N-dealkylation sites (tertiary alicyclic amines) is 2. The van der Waals surface area contributed by atoms with Crippen molar-refractivity contribution in [3.05, 3.63) is 48.6 Å². The van der Waals surface area contributed by atoms with E-state index in [1.165, 1.54) is 213 Å². The normalized spacial score (nSPS) is 16.4. The van der Waals surface area contributed by atoms with E-state index in [0.29, 0.717) is 0 Å². The summed E-state index contributed by atoms with van der Waals surface area (Å²) >= 11 is 0.